The molecule has 0 radical (unpaired) electrons. The molecular weight excluding hydrogens is 318 g/mol. The minimum Gasteiger partial charge on any atom is -0.375 e. The van der Waals surface area contributed by atoms with Crippen LogP contribution < -0.4 is 5.56 Å². The topological polar surface area (TPSA) is 64.4 Å². The van der Waals surface area contributed by atoms with Crippen LogP contribution in [0.15, 0.2) is 29.1 Å². The largest absolute Gasteiger partial charge is 0.375 e. The Balaban J connectivity index is 2.02. The number of carbonyl (C=O) groups is 1. The van der Waals surface area contributed by atoms with Crippen LogP contribution in [0, 0.1) is 0 Å². The van der Waals surface area contributed by atoms with E-state index in [1.165, 1.54) is 4.68 Å². The van der Waals surface area contributed by atoms with Crippen LogP contribution in [-0.4, -0.2) is 46.4 Å². The second kappa shape index (κ2) is 7.78. The van der Waals surface area contributed by atoms with Crippen LogP contribution in [0.25, 0.3) is 10.8 Å². The number of aryl methyl sites for hydroxylation is 1. The molecule has 0 aliphatic carbocycles. The van der Waals surface area contributed by atoms with Crippen molar-refractivity contribution in [2.45, 2.75) is 45.8 Å². The van der Waals surface area contributed by atoms with Gasteiger partial charge in [-0.25, -0.2) is 4.68 Å². The normalized spacial score (nSPS) is 17.8. The first-order chi connectivity index (χ1) is 12.1. The van der Waals surface area contributed by atoms with Gasteiger partial charge in [0.25, 0.3) is 11.5 Å². The van der Waals surface area contributed by atoms with E-state index in [4.69, 9.17) is 4.74 Å². The average Bonchev–Trinajstić information content (AvgIpc) is 2.63. The monoisotopic (exact) mass is 343 g/mol. The van der Waals surface area contributed by atoms with E-state index < -0.39 is 0 Å². The minimum absolute atomic E-state index is 0.0134. The lowest BCUT2D eigenvalue weighted by atomic mass is 10.1. The Morgan fingerprint density at radius 1 is 1.28 bits per heavy atom. The number of ether oxygens (including phenoxy) is 1. The first-order valence-electron chi connectivity index (χ1n) is 9.02. The summed E-state index contributed by atoms with van der Waals surface area (Å²) in [5.41, 5.74) is 0.236. The van der Waals surface area contributed by atoms with E-state index in [0.29, 0.717) is 42.7 Å². The zero-order valence-electron chi connectivity index (χ0n) is 14.9. The highest BCUT2D eigenvalue weighted by Crippen LogP contribution is 2.17. The molecule has 1 aromatic carbocycles. The highest BCUT2D eigenvalue weighted by atomic mass is 16.5. The number of unbranched alkanes of at least 4 members (excludes halogenated alkanes) is 2. The smallest absolute Gasteiger partial charge is 0.275 e. The molecule has 6 nitrogen and oxygen atoms in total. The van der Waals surface area contributed by atoms with Gasteiger partial charge in [0.15, 0.2) is 5.69 Å². The Kier molecular flexibility index (Phi) is 5.48. The molecule has 1 aliphatic heterocycles. The highest BCUT2D eigenvalue weighted by molar-refractivity contribution is 6.04. The summed E-state index contributed by atoms with van der Waals surface area (Å²) in [7, 11) is 0. The molecule has 0 spiro atoms. The van der Waals surface area contributed by atoms with Gasteiger partial charge in [0.05, 0.1) is 18.1 Å². The fraction of sp³-hybridized carbons (Fsp3) is 0.526. The second-order valence-corrected chi connectivity index (χ2v) is 6.56. The van der Waals surface area contributed by atoms with Gasteiger partial charge in [-0.05, 0) is 19.4 Å². The number of amides is 1. The van der Waals surface area contributed by atoms with E-state index in [2.05, 4.69) is 12.0 Å². The summed E-state index contributed by atoms with van der Waals surface area (Å²) in [6, 6.07) is 7.24. The first-order valence-corrected chi connectivity index (χ1v) is 9.02. The summed E-state index contributed by atoms with van der Waals surface area (Å²) in [5.74, 6) is -0.129. The number of morpholine rings is 1. The van der Waals surface area contributed by atoms with Gasteiger partial charge in [-0.15, -0.1) is 0 Å². The van der Waals surface area contributed by atoms with E-state index in [1.54, 1.807) is 17.0 Å². The van der Waals surface area contributed by atoms with E-state index in [9.17, 15) is 9.59 Å². The van der Waals surface area contributed by atoms with Crippen LogP contribution in [0.5, 0.6) is 0 Å². The summed E-state index contributed by atoms with van der Waals surface area (Å²) >= 11 is 0. The maximum Gasteiger partial charge on any atom is 0.275 e. The Hall–Kier alpha value is -2.21. The van der Waals surface area contributed by atoms with Crippen molar-refractivity contribution in [2.24, 2.45) is 0 Å². The van der Waals surface area contributed by atoms with Crippen molar-refractivity contribution in [1.82, 2.24) is 14.7 Å². The van der Waals surface area contributed by atoms with Crippen LogP contribution in [0.3, 0.4) is 0 Å². The van der Waals surface area contributed by atoms with Crippen molar-refractivity contribution < 1.29 is 9.53 Å². The molecule has 1 unspecified atom stereocenters. The second-order valence-electron chi connectivity index (χ2n) is 6.56. The Bertz CT molecular complexity index is 815. The Morgan fingerprint density at radius 3 is 2.76 bits per heavy atom. The molecule has 1 fully saturated rings. The van der Waals surface area contributed by atoms with Crippen molar-refractivity contribution in [2.75, 3.05) is 19.7 Å². The van der Waals surface area contributed by atoms with Gasteiger partial charge in [0, 0.05) is 25.0 Å². The molecule has 1 atom stereocenters. The van der Waals surface area contributed by atoms with Crippen molar-refractivity contribution in [1.29, 1.82) is 0 Å². The van der Waals surface area contributed by atoms with Gasteiger partial charge in [-0.3, -0.25) is 9.59 Å². The molecule has 2 aromatic rings. The molecule has 3 rings (SSSR count). The van der Waals surface area contributed by atoms with Gasteiger partial charge >= 0.3 is 0 Å². The zero-order chi connectivity index (χ0) is 17.8. The summed E-state index contributed by atoms with van der Waals surface area (Å²) in [5, 5.41) is 5.63. The van der Waals surface area contributed by atoms with Crippen molar-refractivity contribution in [3.05, 3.63) is 40.3 Å². The quantitative estimate of drug-likeness (QED) is 0.782. The first kappa shape index (κ1) is 17.6. The number of rotatable bonds is 5. The van der Waals surface area contributed by atoms with E-state index in [1.807, 2.05) is 19.1 Å². The molecule has 2 heterocycles. The van der Waals surface area contributed by atoms with Gasteiger partial charge in [0.2, 0.25) is 0 Å². The van der Waals surface area contributed by atoms with E-state index in [0.717, 1.165) is 19.3 Å². The third kappa shape index (κ3) is 3.74. The maximum atomic E-state index is 13.0. The summed E-state index contributed by atoms with van der Waals surface area (Å²) in [6.07, 6.45) is 2.99. The predicted molar refractivity (Wildman–Crippen MR) is 96.8 cm³/mol. The van der Waals surface area contributed by atoms with Gasteiger partial charge in [0.1, 0.15) is 0 Å². The number of nitrogens with zero attached hydrogens (tertiary/aromatic N) is 3. The molecule has 0 N–H and O–H groups in total. The lowest BCUT2D eigenvalue weighted by Crippen LogP contribution is -2.45. The molecule has 0 saturated carbocycles. The van der Waals surface area contributed by atoms with Crippen LogP contribution in [0.1, 0.15) is 43.6 Å². The van der Waals surface area contributed by atoms with Gasteiger partial charge in [-0.2, -0.15) is 5.10 Å². The fourth-order valence-electron chi connectivity index (χ4n) is 3.21. The molecule has 1 saturated heterocycles. The number of carbonyl (C=O) groups excluding carboxylic acids is 1. The van der Waals surface area contributed by atoms with Crippen LogP contribution in [0.4, 0.5) is 0 Å². The molecular formula is C19H25N3O3. The molecule has 0 bridgehead atoms. The zero-order valence-corrected chi connectivity index (χ0v) is 14.9. The standard InChI is InChI=1S/C19H25N3O3/c1-3-4-7-10-22-18(23)16-9-6-5-8-15(16)17(20-22)19(24)21-11-12-25-14(2)13-21/h5-6,8-9,14H,3-4,7,10-13H2,1-2H3. The molecule has 1 aliphatic rings. The van der Waals surface area contributed by atoms with Crippen LogP contribution in [-0.2, 0) is 11.3 Å². The number of benzene rings is 1. The van der Waals surface area contributed by atoms with Crippen molar-refractivity contribution in [3.8, 4) is 0 Å². The SMILES string of the molecule is CCCCCn1nc(C(=O)N2CCOC(C)C2)c2ccccc2c1=O. The average molecular weight is 343 g/mol. The lowest BCUT2D eigenvalue weighted by Gasteiger charge is -2.31. The molecule has 1 aromatic heterocycles. The highest BCUT2D eigenvalue weighted by Gasteiger charge is 2.26. The van der Waals surface area contributed by atoms with Crippen LogP contribution >= 0.6 is 0 Å². The van der Waals surface area contributed by atoms with Crippen LogP contribution in [0.2, 0.25) is 0 Å². The Labute approximate surface area is 147 Å². The van der Waals surface area contributed by atoms with Gasteiger partial charge in [-0.1, -0.05) is 38.0 Å². The Morgan fingerprint density at radius 2 is 2.04 bits per heavy atom. The molecule has 6 heteroatoms. The van der Waals surface area contributed by atoms with E-state index in [-0.39, 0.29) is 17.6 Å². The van der Waals surface area contributed by atoms with Crippen molar-refractivity contribution >= 4 is 16.7 Å². The predicted octanol–water partition coefficient (Wildman–Crippen LogP) is 2.45. The number of fused-ring (bicyclic) bond motifs is 1. The van der Waals surface area contributed by atoms with Gasteiger partial charge < -0.3 is 9.64 Å². The molecule has 25 heavy (non-hydrogen) atoms. The molecule has 134 valence electrons. The maximum absolute atomic E-state index is 13.0. The number of hydrogen-bond acceptors (Lipinski definition) is 4. The molecule has 1 amide bonds. The fourth-order valence-corrected chi connectivity index (χ4v) is 3.21. The minimum atomic E-state index is -0.129. The summed E-state index contributed by atoms with van der Waals surface area (Å²) in [6.45, 7) is 6.23. The lowest BCUT2D eigenvalue weighted by molar-refractivity contribution is -0.0126. The van der Waals surface area contributed by atoms with E-state index >= 15 is 0 Å². The summed E-state index contributed by atoms with van der Waals surface area (Å²) < 4.78 is 6.97. The third-order valence-corrected chi connectivity index (χ3v) is 4.57. The number of aromatic nitrogens is 2. The third-order valence-electron chi connectivity index (χ3n) is 4.57. The summed E-state index contributed by atoms with van der Waals surface area (Å²) in [4.78, 5) is 27.5. The number of hydrogen-bond donors (Lipinski definition) is 0. The van der Waals surface area contributed by atoms with Crippen molar-refractivity contribution in [3.63, 3.8) is 0 Å².